The highest BCUT2D eigenvalue weighted by Crippen LogP contribution is 2.44. The fourth-order valence-electron chi connectivity index (χ4n) is 3.63. The van der Waals surface area contributed by atoms with Crippen LogP contribution < -0.4 is 4.90 Å². The second kappa shape index (κ2) is 6.07. The Labute approximate surface area is 146 Å². The van der Waals surface area contributed by atoms with Crippen LogP contribution >= 0.6 is 0 Å². The van der Waals surface area contributed by atoms with E-state index in [4.69, 9.17) is 4.74 Å². The molecule has 142 valence electrons. The van der Waals surface area contributed by atoms with E-state index in [9.17, 15) is 22.0 Å². The van der Waals surface area contributed by atoms with Crippen molar-refractivity contribution in [1.82, 2.24) is 9.78 Å². The van der Waals surface area contributed by atoms with Crippen LogP contribution in [-0.4, -0.2) is 41.3 Å². The van der Waals surface area contributed by atoms with E-state index in [0.717, 1.165) is 17.7 Å². The molecule has 2 saturated heterocycles. The lowest BCUT2D eigenvalue weighted by atomic mass is 10.1. The van der Waals surface area contributed by atoms with Crippen LogP contribution in [0.2, 0.25) is 0 Å². The van der Waals surface area contributed by atoms with Gasteiger partial charge in [-0.3, -0.25) is 0 Å². The summed E-state index contributed by atoms with van der Waals surface area (Å²) in [5.74, 6) is -8.36. The quantitative estimate of drug-likeness (QED) is 0.750. The first-order chi connectivity index (χ1) is 12.3. The summed E-state index contributed by atoms with van der Waals surface area (Å²) < 4.78 is 75.4. The summed E-state index contributed by atoms with van der Waals surface area (Å²) in [6.45, 7) is -2.62. The van der Waals surface area contributed by atoms with Gasteiger partial charge < -0.3 is 9.64 Å². The maximum absolute atomic E-state index is 13.7. The number of ether oxygens (including phenoxy) is 1. The molecule has 0 saturated carbocycles. The van der Waals surface area contributed by atoms with E-state index >= 15 is 0 Å². The number of hydrogen-bond donors (Lipinski definition) is 0. The number of anilines is 1. The fourth-order valence-corrected chi connectivity index (χ4v) is 3.63. The number of halogens is 5. The van der Waals surface area contributed by atoms with E-state index < -0.39 is 37.8 Å². The molecule has 0 spiro atoms. The Morgan fingerprint density at radius 3 is 2.46 bits per heavy atom. The first-order valence-electron chi connectivity index (χ1n) is 8.52. The molecule has 2 aliphatic heterocycles. The van der Waals surface area contributed by atoms with Gasteiger partial charge in [-0.25, -0.2) is 9.07 Å². The van der Waals surface area contributed by atoms with Crippen LogP contribution in [0.4, 0.5) is 27.8 Å². The van der Waals surface area contributed by atoms with Crippen LogP contribution in [0.3, 0.4) is 0 Å². The lowest BCUT2D eigenvalue weighted by Gasteiger charge is -2.23. The molecule has 1 aromatic heterocycles. The third kappa shape index (κ3) is 2.64. The Balaban J connectivity index is 1.84. The number of fused-ring (bicyclic) bond motifs is 1. The Morgan fingerprint density at radius 1 is 1.12 bits per heavy atom. The van der Waals surface area contributed by atoms with Crippen molar-refractivity contribution in [3.8, 4) is 0 Å². The maximum Gasteiger partial charge on any atom is 0.329 e. The Kier molecular flexibility index (Phi) is 4.09. The summed E-state index contributed by atoms with van der Waals surface area (Å²) in [6, 6.07) is 4.82. The molecule has 4 rings (SSSR count). The maximum atomic E-state index is 13.7. The largest absolute Gasteiger partial charge is 0.356 e. The van der Waals surface area contributed by atoms with E-state index in [1.165, 1.54) is 10.7 Å². The smallest absolute Gasteiger partial charge is 0.329 e. The monoisotopic (exact) mass is 375 g/mol. The predicted octanol–water partition coefficient (Wildman–Crippen LogP) is 4.30. The van der Waals surface area contributed by atoms with Gasteiger partial charge in [0.05, 0.1) is 24.0 Å². The summed E-state index contributed by atoms with van der Waals surface area (Å²) in [7, 11) is 0. The van der Waals surface area contributed by atoms with Crippen LogP contribution in [-0.2, 0) is 11.4 Å². The zero-order chi connectivity index (χ0) is 18.5. The van der Waals surface area contributed by atoms with E-state index in [1.807, 2.05) is 0 Å². The van der Waals surface area contributed by atoms with Crippen molar-refractivity contribution >= 4 is 16.7 Å². The number of hydrogen-bond acceptors (Lipinski definition) is 3. The van der Waals surface area contributed by atoms with E-state index in [1.54, 1.807) is 12.1 Å². The van der Waals surface area contributed by atoms with Gasteiger partial charge in [0.15, 0.2) is 12.0 Å². The first-order valence-corrected chi connectivity index (χ1v) is 8.52. The van der Waals surface area contributed by atoms with Crippen molar-refractivity contribution in [2.75, 3.05) is 24.6 Å². The van der Waals surface area contributed by atoms with Crippen molar-refractivity contribution < 1.29 is 26.7 Å². The molecule has 3 heterocycles. The first kappa shape index (κ1) is 17.5. The molecule has 0 aliphatic carbocycles. The number of aromatic nitrogens is 2. The van der Waals surface area contributed by atoms with Gasteiger partial charge in [-0.15, -0.1) is 0 Å². The SMILES string of the molecule is FCc1cccc2c1c(N1CC(F)(F)C(F)(F)C1)nn2C1CCCCO1. The number of nitrogens with zero attached hydrogens (tertiary/aromatic N) is 3. The topological polar surface area (TPSA) is 30.3 Å². The Bertz CT molecular complexity index is 800. The molecule has 0 bridgehead atoms. The van der Waals surface area contributed by atoms with Crippen LogP contribution in [0.15, 0.2) is 18.2 Å². The van der Waals surface area contributed by atoms with Gasteiger partial charge in [0, 0.05) is 6.61 Å². The predicted molar refractivity (Wildman–Crippen MR) is 85.5 cm³/mol. The average Bonchev–Trinajstić information content (AvgIpc) is 3.10. The van der Waals surface area contributed by atoms with Gasteiger partial charge in [-0.05, 0) is 30.9 Å². The van der Waals surface area contributed by atoms with Gasteiger partial charge in [0.2, 0.25) is 0 Å². The van der Waals surface area contributed by atoms with Crippen LogP contribution in [0.25, 0.3) is 10.9 Å². The summed E-state index contributed by atoms with van der Waals surface area (Å²) in [5, 5.41) is 4.61. The summed E-state index contributed by atoms with van der Waals surface area (Å²) in [6.07, 6.45) is 2.06. The zero-order valence-corrected chi connectivity index (χ0v) is 13.9. The molecular weight excluding hydrogens is 357 g/mol. The molecule has 0 N–H and O–H groups in total. The Hall–Kier alpha value is -1.90. The van der Waals surface area contributed by atoms with E-state index in [-0.39, 0.29) is 16.8 Å². The molecule has 9 heteroatoms. The van der Waals surface area contributed by atoms with E-state index in [2.05, 4.69) is 5.10 Å². The van der Waals surface area contributed by atoms with Crippen molar-refractivity contribution in [3.05, 3.63) is 23.8 Å². The highest BCUT2D eigenvalue weighted by atomic mass is 19.3. The van der Waals surface area contributed by atoms with Gasteiger partial charge >= 0.3 is 11.8 Å². The van der Waals surface area contributed by atoms with Gasteiger partial charge in [0.1, 0.15) is 6.67 Å². The lowest BCUT2D eigenvalue weighted by molar-refractivity contribution is -0.172. The molecule has 1 aromatic carbocycles. The number of benzene rings is 1. The minimum absolute atomic E-state index is 0.0423. The fraction of sp³-hybridized carbons (Fsp3) is 0.588. The van der Waals surface area contributed by atoms with Crippen molar-refractivity contribution in [1.29, 1.82) is 0 Å². The molecule has 1 unspecified atom stereocenters. The molecular formula is C17H18F5N3O. The van der Waals surface area contributed by atoms with Gasteiger partial charge in [-0.2, -0.15) is 22.7 Å². The minimum Gasteiger partial charge on any atom is -0.356 e. The normalized spacial score (nSPS) is 25.1. The summed E-state index contributed by atoms with van der Waals surface area (Å²) >= 11 is 0. The van der Waals surface area contributed by atoms with E-state index in [0.29, 0.717) is 18.5 Å². The third-order valence-electron chi connectivity index (χ3n) is 4.99. The second-order valence-electron chi connectivity index (χ2n) is 6.80. The molecule has 2 aliphatic rings. The molecule has 2 aromatic rings. The van der Waals surface area contributed by atoms with Gasteiger partial charge in [0.25, 0.3) is 0 Å². The standard InChI is InChI=1S/C17H18F5N3O/c18-8-11-4-3-5-12-14(11)15(23-25(12)13-6-1-2-7-26-13)24-9-16(19,20)17(21,22)10-24/h3-5,13H,1-2,6-10H2. The van der Waals surface area contributed by atoms with Gasteiger partial charge in [-0.1, -0.05) is 12.1 Å². The van der Waals surface area contributed by atoms with Crippen molar-refractivity contribution in [2.45, 2.75) is 44.0 Å². The van der Waals surface area contributed by atoms with Crippen LogP contribution in [0.1, 0.15) is 31.1 Å². The number of rotatable bonds is 3. The minimum atomic E-state index is -4.16. The molecule has 4 nitrogen and oxygen atoms in total. The highest BCUT2D eigenvalue weighted by Gasteiger charge is 2.63. The molecule has 0 radical (unpaired) electrons. The van der Waals surface area contributed by atoms with Crippen LogP contribution in [0.5, 0.6) is 0 Å². The second-order valence-corrected chi connectivity index (χ2v) is 6.80. The molecule has 1 atom stereocenters. The molecule has 2 fully saturated rings. The zero-order valence-electron chi connectivity index (χ0n) is 13.9. The average molecular weight is 375 g/mol. The van der Waals surface area contributed by atoms with Crippen molar-refractivity contribution in [2.24, 2.45) is 0 Å². The highest BCUT2D eigenvalue weighted by molar-refractivity contribution is 5.94. The molecule has 0 amide bonds. The lowest BCUT2D eigenvalue weighted by Crippen LogP contribution is -2.38. The number of alkyl halides is 5. The molecule has 26 heavy (non-hydrogen) atoms. The van der Waals surface area contributed by atoms with Crippen LogP contribution in [0, 0.1) is 0 Å². The van der Waals surface area contributed by atoms with Crippen molar-refractivity contribution in [3.63, 3.8) is 0 Å². The Morgan fingerprint density at radius 2 is 1.85 bits per heavy atom. The third-order valence-corrected chi connectivity index (χ3v) is 4.99. The summed E-state index contributed by atoms with van der Waals surface area (Å²) in [4.78, 5) is 0.848. The summed E-state index contributed by atoms with van der Waals surface area (Å²) in [5.41, 5.74) is 0.735.